The number of ether oxygens (including phenoxy) is 2. The van der Waals surface area contributed by atoms with E-state index in [9.17, 15) is 5.11 Å². The van der Waals surface area contributed by atoms with Crippen LogP contribution in [0.5, 0.6) is 17.2 Å². The lowest BCUT2D eigenvalue weighted by Crippen LogP contribution is -1.93. The number of fused-ring (bicyclic) bond motifs is 3. The lowest BCUT2D eigenvalue weighted by Gasteiger charge is -2.08. The third-order valence-electron chi connectivity index (χ3n) is 3.64. The number of hydrogen-bond donors (Lipinski definition) is 1. The fourth-order valence-electron chi connectivity index (χ4n) is 2.54. The molecule has 0 unspecified atom stereocenters. The van der Waals surface area contributed by atoms with Crippen LogP contribution in [0.2, 0.25) is 0 Å². The maximum Gasteiger partial charge on any atom is 0.231 e. The summed E-state index contributed by atoms with van der Waals surface area (Å²) in [6, 6.07) is 13.4. The van der Waals surface area contributed by atoms with Crippen LogP contribution in [0.4, 0.5) is 0 Å². The van der Waals surface area contributed by atoms with Crippen LogP contribution >= 0.6 is 0 Å². The molecule has 0 spiro atoms. The topological polar surface area (TPSA) is 51.6 Å². The molecule has 0 radical (unpaired) electrons. The fraction of sp³-hybridized carbons (Fsp3) is 0.118. The van der Waals surface area contributed by atoms with Crippen molar-refractivity contribution in [2.45, 2.75) is 6.92 Å². The molecule has 2 aromatic carbocycles. The molecule has 21 heavy (non-hydrogen) atoms. The van der Waals surface area contributed by atoms with E-state index in [0.29, 0.717) is 22.4 Å². The molecule has 1 aliphatic heterocycles. The van der Waals surface area contributed by atoms with E-state index in [0.717, 1.165) is 11.3 Å². The minimum atomic E-state index is 0.151. The van der Waals surface area contributed by atoms with Gasteiger partial charge in [0.2, 0.25) is 6.79 Å². The number of nitrogens with zero attached hydrogens (tertiary/aromatic N) is 1. The van der Waals surface area contributed by atoms with Crippen molar-refractivity contribution >= 4 is 10.9 Å². The highest BCUT2D eigenvalue weighted by atomic mass is 16.7. The average molecular weight is 279 g/mol. The first-order valence-electron chi connectivity index (χ1n) is 6.72. The molecule has 0 amide bonds. The normalized spacial score (nSPS) is 12.8. The van der Waals surface area contributed by atoms with E-state index < -0.39 is 0 Å². The second-order valence-corrected chi connectivity index (χ2v) is 5.09. The Morgan fingerprint density at radius 3 is 2.67 bits per heavy atom. The van der Waals surface area contributed by atoms with Crippen LogP contribution in [-0.2, 0) is 0 Å². The zero-order valence-electron chi connectivity index (χ0n) is 11.5. The van der Waals surface area contributed by atoms with E-state index in [1.165, 1.54) is 5.56 Å². The Kier molecular flexibility index (Phi) is 2.51. The molecule has 1 aliphatic rings. The summed E-state index contributed by atoms with van der Waals surface area (Å²) < 4.78 is 10.8. The molecule has 0 aliphatic carbocycles. The van der Waals surface area contributed by atoms with Crippen LogP contribution in [0.3, 0.4) is 0 Å². The molecule has 0 saturated heterocycles. The van der Waals surface area contributed by atoms with Crippen molar-refractivity contribution in [3.05, 3.63) is 48.0 Å². The first-order chi connectivity index (χ1) is 10.2. The van der Waals surface area contributed by atoms with Gasteiger partial charge in [-0.25, -0.2) is 4.98 Å². The van der Waals surface area contributed by atoms with Gasteiger partial charge in [-0.05, 0) is 19.1 Å². The minimum Gasteiger partial charge on any atom is -0.507 e. The van der Waals surface area contributed by atoms with E-state index in [1.807, 2.05) is 43.3 Å². The van der Waals surface area contributed by atoms with Gasteiger partial charge in [-0.2, -0.15) is 0 Å². The third kappa shape index (κ3) is 1.88. The molecule has 0 fully saturated rings. The van der Waals surface area contributed by atoms with E-state index in [-0.39, 0.29) is 12.5 Å². The van der Waals surface area contributed by atoms with Gasteiger partial charge in [0, 0.05) is 11.6 Å². The van der Waals surface area contributed by atoms with Crippen LogP contribution in [0.25, 0.3) is 22.2 Å². The van der Waals surface area contributed by atoms with Crippen LogP contribution in [0.15, 0.2) is 42.5 Å². The number of aryl methyl sites for hydroxylation is 1. The SMILES string of the molecule is Cc1ccc(-c2cc(O)c3c4c(ccc3n2)OCO4)cc1. The van der Waals surface area contributed by atoms with Gasteiger partial charge in [0.25, 0.3) is 0 Å². The molecule has 4 rings (SSSR count). The quantitative estimate of drug-likeness (QED) is 0.738. The van der Waals surface area contributed by atoms with Gasteiger partial charge in [-0.3, -0.25) is 0 Å². The number of benzene rings is 2. The van der Waals surface area contributed by atoms with Gasteiger partial charge < -0.3 is 14.6 Å². The molecule has 3 aromatic rings. The standard InChI is InChI=1S/C17H13NO3/c1-10-2-4-11(5-3-10)13-8-14(19)16-12(18-13)6-7-15-17(16)21-9-20-15/h2-8H,9H2,1H3,(H,18,19). The Bertz CT molecular complexity index is 841. The summed E-state index contributed by atoms with van der Waals surface area (Å²) in [5.74, 6) is 1.36. The number of pyridine rings is 1. The molecule has 2 heterocycles. The number of rotatable bonds is 1. The van der Waals surface area contributed by atoms with E-state index in [2.05, 4.69) is 4.98 Å². The smallest absolute Gasteiger partial charge is 0.231 e. The van der Waals surface area contributed by atoms with Crippen molar-refractivity contribution in [1.29, 1.82) is 0 Å². The third-order valence-corrected chi connectivity index (χ3v) is 3.64. The zero-order valence-corrected chi connectivity index (χ0v) is 11.5. The Labute approximate surface area is 121 Å². The largest absolute Gasteiger partial charge is 0.507 e. The Morgan fingerprint density at radius 2 is 1.86 bits per heavy atom. The monoisotopic (exact) mass is 279 g/mol. The molecular weight excluding hydrogens is 266 g/mol. The fourth-order valence-corrected chi connectivity index (χ4v) is 2.54. The lowest BCUT2D eigenvalue weighted by atomic mass is 10.1. The van der Waals surface area contributed by atoms with Crippen molar-refractivity contribution in [2.24, 2.45) is 0 Å². The molecule has 4 heteroatoms. The predicted octanol–water partition coefficient (Wildman–Crippen LogP) is 3.64. The molecular formula is C17H13NO3. The summed E-state index contributed by atoms with van der Waals surface area (Å²) in [5, 5.41) is 11.0. The molecule has 0 bridgehead atoms. The van der Waals surface area contributed by atoms with Crippen LogP contribution in [0, 0.1) is 6.92 Å². The van der Waals surface area contributed by atoms with E-state index >= 15 is 0 Å². The highest BCUT2D eigenvalue weighted by Gasteiger charge is 2.20. The molecule has 1 aromatic heterocycles. The first kappa shape index (κ1) is 12.0. The highest BCUT2D eigenvalue weighted by Crippen LogP contribution is 2.43. The van der Waals surface area contributed by atoms with Crippen LogP contribution in [-0.4, -0.2) is 16.9 Å². The Morgan fingerprint density at radius 1 is 1.05 bits per heavy atom. The van der Waals surface area contributed by atoms with Crippen molar-refractivity contribution in [3.63, 3.8) is 0 Å². The molecule has 104 valence electrons. The second-order valence-electron chi connectivity index (χ2n) is 5.09. The maximum atomic E-state index is 10.4. The summed E-state index contributed by atoms with van der Waals surface area (Å²) in [4.78, 5) is 4.62. The summed E-state index contributed by atoms with van der Waals surface area (Å²) in [5.41, 5.74) is 3.58. The predicted molar refractivity (Wildman–Crippen MR) is 79.7 cm³/mol. The average Bonchev–Trinajstić information content (AvgIpc) is 2.96. The number of hydrogen-bond acceptors (Lipinski definition) is 4. The highest BCUT2D eigenvalue weighted by molar-refractivity contribution is 5.95. The summed E-state index contributed by atoms with van der Waals surface area (Å²) >= 11 is 0. The first-order valence-corrected chi connectivity index (χ1v) is 6.72. The molecule has 0 atom stereocenters. The van der Waals surface area contributed by atoms with Gasteiger partial charge in [0.05, 0.1) is 16.6 Å². The molecule has 1 N–H and O–H groups in total. The summed E-state index contributed by atoms with van der Waals surface area (Å²) in [7, 11) is 0. The molecule has 4 nitrogen and oxygen atoms in total. The second kappa shape index (κ2) is 4.38. The van der Waals surface area contributed by atoms with Gasteiger partial charge in [-0.15, -0.1) is 0 Å². The van der Waals surface area contributed by atoms with E-state index in [4.69, 9.17) is 9.47 Å². The van der Waals surface area contributed by atoms with E-state index in [1.54, 1.807) is 6.07 Å². The number of aromatic nitrogens is 1. The van der Waals surface area contributed by atoms with Gasteiger partial charge in [0.15, 0.2) is 11.5 Å². The Hall–Kier alpha value is -2.75. The van der Waals surface area contributed by atoms with Gasteiger partial charge in [-0.1, -0.05) is 29.8 Å². The molecule has 0 saturated carbocycles. The lowest BCUT2D eigenvalue weighted by molar-refractivity contribution is 0.174. The van der Waals surface area contributed by atoms with Gasteiger partial charge >= 0.3 is 0 Å². The summed E-state index contributed by atoms with van der Waals surface area (Å²) in [6.45, 7) is 2.21. The Balaban J connectivity index is 1.94. The van der Waals surface area contributed by atoms with Crippen molar-refractivity contribution in [1.82, 2.24) is 4.98 Å². The minimum absolute atomic E-state index is 0.151. The zero-order chi connectivity index (χ0) is 14.4. The van der Waals surface area contributed by atoms with Crippen LogP contribution in [0.1, 0.15) is 5.56 Å². The van der Waals surface area contributed by atoms with Crippen molar-refractivity contribution in [2.75, 3.05) is 6.79 Å². The van der Waals surface area contributed by atoms with Crippen molar-refractivity contribution in [3.8, 4) is 28.5 Å². The maximum absolute atomic E-state index is 10.4. The summed E-state index contributed by atoms with van der Waals surface area (Å²) in [6.07, 6.45) is 0. The van der Waals surface area contributed by atoms with Crippen molar-refractivity contribution < 1.29 is 14.6 Å². The number of aromatic hydroxyl groups is 1. The van der Waals surface area contributed by atoms with Gasteiger partial charge in [0.1, 0.15) is 5.75 Å². The van der Waals surface area contributed by atoms with Crippen LogP contribution < -0.4 is 9.47 Å².